The van der Waals surface area contributed by atoms with Gasteiger partial charge in [0.2, 0.25) is 0 Å². The van der Waals surface area contributed by atoms with E-state index in [2.05, 4.69) is 5.32 Å². The molecule has 0 aliphatic heterocycles. The topological polar surface area (TPSA) is 64.3 Å². The van der Waals surface area contributed by atoms with E-state index < -0.39 is 5.97 Å². The average Bonchev–Trinajstić information content (AvgIpc) is 2.43. The van der Waals surface area contributed by atoms with Gasteiger partial charge in [-0.3, -0.25) is 0 Å². The minimum atomic E-state index is -0.488. The van der Waals surface area contributed by atoms with Gasteiger partial charge in [-0.1, -0.05) is 29.8 Å². The molecule has 0 heterocycles. The number of nitrogen functional groups attached to an aromatic ring is 1. The largest absolute Gasteiger partial charge is 0.465 e. The van der Waals surface area contributed by atoms with Gasteiger partial charge in [0.15, 0.2) is 0 Å². The first kappa shape index (κ1) is 15.2. The Kier molecular flexibility index (Phi) is 4.38. The second-order valence-corrected chi connectivity index (χ2v) is 5.22. The van der Waals surface area contributed by atoms with Gasteiger partial charge in [0.05, 0.1) is 23.4 Å². The van der Waals surface area contributed by atoms with Crippen molar-refractivity contribution in [1.82, 2.24) is 0 Å². The molecule has 0 aromatic heterocycles. The van der Waals surface area contributed by atoms with Crippen LogP contribution in [0.5, 0.6) is 0 Å². The van der Waals surface area contributed by atoms with E-state index in [9.17, 15) is 4.79 Å². The second kappa shape index (κ2) is 6.06. The minimum Gasteiger partial charge on any atom is -0.465 e. The molecule has 2 aromatic rings. The van der Waals surface area contributed by atoms with Crippen molar-refractivity contribution < 1.29 is 9.53 Å². The van der Waals surface area contributed by atoms with Crippen LogP contribution in [0.2, 0.25) is 5.02 Å². The lowest BCUT2D eigenvalue weighted by Crippen LogP contribution is -2.08. The molecule has 0 unspecified atom stereocenters. The number of rotatable bonds is 3. The Labute approximate surface area is 128 Å². The average molecular weight is 305 g/mol. The SMILES string of the molecule is COC(=O)c1cc(N)cc(Cl)c1Nc1c(C)cccc1C. The molecule has 0 aliphatic rings. The van der Waals surface area contributed by atoms with Crippen LogP contribution in [0.3, 0.4) is 0 Å². The van der Waals surface area contributed by atoms with Crippen LogP contribution >= 0.6 is 11.6 Å². The molecule has 0 saturated carbocycles. The maximum atomic E-state index is 11.9. The highest BCUT2D eigenvalue weighted by atomic mass is 35.5. The standard InChI is InChI=1S/C16H17ClN2O2/c1-9-5-4-6-10(2)14(9)19-15-12(16(20)21-3)7-11(18)8-13(15)17/h4-8,19H,18H2,1-3H3. The number of aryl methyl sites for hydroxylation is 2. The van der Waals surface area contributed by atoms with Crippen molar-refractivity contribution >= 4 is 34.6 Å². The van der Waals surface area contributed by atoms with Crippen molar-refractivity contribution in [2.75, 3.05) is 18.2 Å². The summed E-state index contributed by atoms with van der Waals surface area (Å²) in [7, 11) is 1.32. The third-order valence-electron chi connectivity index (χ3n) is 3.25. The molecule has 5 heteroatoms. The van der Waals surface area contributed by atoms with Crippen LogP contribution < -0.4 is 11.1 Å². The highest BCUT2D eigenvalue weighted by molar-refractivity contribution is 6.34. The van der Waals surface area contributed by atoms with E-state index in [-0.39, 0.29) is 0 Å². The fraction of sp³-hybridized carbons (Fsp3) is 0.188. The zero-order valence-electron chi connectivity index (χ0n) is 12.2. The number of nitrogens with one attached hydrogen (secondary N) is 1. The molecular weight excluding hydrogens is 288 g/mol. The van der Waals surface area contributed by atoms with Crippen LogP contribution in [-0.2, 0) is 4.74 Å². The molecule has 0 radical (unpaired) electrons. The molecule has 0 fully saturated rings. The van der Waals surface area contributed by atoms with E-state index in [0.717, 1.165) is 16.8 Å². The molecule has 0 atom stereocenters. The summed E-state index contributed by atoms with van der Waals surface area (Å²) in [6.07, 6.45) is 0. The van der Waals surface area contributed by atoms with Crippen molar-refractivity contribution in [3.8, 4) is 0 Å². The molecule has 0 amide bonds. The third-order valence-corrected chi connectivity index (χ3v) is 3.55. The highest BCUT2D eigenvalue weighted by Gasteiger charge is 2.17. The van der Waals surface area contributed by atoms with Crippen molar-refractivity contribution in [1.29, 1.82) is 0 Å². The Morgan fingerprint density at radius 2 is 1.81 bits per heavy atom. The summed E-state index contributed by atoms with van der Waals surface area (Å²) in [6, 6.07) is 9.09. The summed E-state index contributed by atoms with van der Waals surface area (Å²) in [4.78, 5) is 11.9. The number of anilines is 3. The van der Waals surface area contributed by atoms with Crippen LogP contribution in [0, 0.1) is 13.8 Å². The lowest BCUT2D eigenvalue weighted by atomic mass is 10.1. The molecular formula is C16H17ClN2O2. The number of carbonyl (C=O) groups is 1. The zero-order valence-corrected chi connectivity index (χ0v) is 12.9. The molecule has 4 nitrogen and oxygen atoms in total. The smallest absolute Gasteiger partial charge is 0.340 e. The van der Waals surface area contributed by atoms with Gasteiger partial charge in [-0.25, -0.2) is 4.79 Å². The minimum absolute atomic E-state index is 0.310. The number of esters is 1. The summed E-state index contributed by atoms with van der Waals surface area (Å²) >= 11 is 6.24. The molecule has 3 N–H and O–H groups in total. The van der Waals surface area contributed by atoms with E-state index in [1.807, 2.05) is 32.0 Å². The first-order valence-electron chi connectivity index (χ1n) is 6.44. The summed E-state index contributed by atoms with van der Waals surface area (Å²) in [5.74, 6) is -0.488. The summed E-state index contributed by atoms with van der Waals surface area (Å²) < 4.78 is 4.79. The monoisotopic (exact) mass is 304 g/mol. The Balaban J connectivity index is 2.56. The van der Waals surface area contributed by atoms with Crippen molar-refractivity contribution in [2.24, 2.45) is 0 Å². The number of ether oxygens (including phenoxy) is 1. The zero-order chi connectivity index (χ0) is 15.6. The molecule has 0 bridgehead atoms. The first-order valence-corrected chi connectivity index (χ1v) is 6.82. The lowest BCUT2D eigenvalue weighted by molar-refractivity contribution is 0.0602. The van der Waals surface area contributed by atoms with Gasteiger partial charge in [-0.15, -0.1) is 0 Å². The highest BCUT2D eigenvalue weighted by Crippen LogP contribution is 2.34. The van der Waals surface area contributed by atoms with E-state index in [0.29, 0.717) is 22.0 Å². The number of hydrogen-bond donors (Lipinski definition) is 2. The van der Waals surface area contributed by atoms with Crippen LogP contribution in [0.4, 0.5) is 17.1 Å². The second-order valence-electron chi connectivity index (χ2n) is 4.81. The fourth-order valence-corrected chi connectivity index (χ4v) is 2.44. The number of nitrogens with two attached hydrogens (primary N) is 1. The number of halogens is 1. The van der Waals surface area contributed by atoms with Crippen LogP contribution in [0.25, 0.3) is 0 Å². The first-order chi connectivity index (χ1) is 9.93. The van der Waals surface area contributed by atoms with Gasteiger partial charge in [-0.05, 0) is 37.1 Å². The van der Waals surface area contributed by atoms with Gasteiger partial charge < -0.3 is 15.8 Å². The number of carbonyl (C=O) groups excluding carboxylic acids is 1. The van der Waals surface area contributed by atoms with Crippen LogP contribution in [0.15, 0.2) is 30.3 Å². The summed E-state index contributed by atoms with van der Waals surface area (Å²) in [5.41, 5.74) is 9.99. The van der Waals surface area contributed by atoms with E-state index in [1.165, 1.54) is 7.11 Å². The Morgan fingerprint density at radius 3 is 2.38 bits per heavy atom. The molecule has 0 aliphatic carbocycles. The number of methoxy groups -OCH3 is 1. The summed E-state index contributed by atoms with van der Waals surface area (Å²) in [6.45, 7) is 3.97. The maximum Gasteiger partial charge on any atom is 0.340 e. The van der Waals surface area contributed by atoms with Gasteiger partial charge in [-0.2, -0.15) is 0 Å². The predicted octanol–water partition coefficient (Wildman–Crippen LogP) is 4.07. The number of benzene rings is 2. The lowest BCUT2D eigenvalue weighted by Gasteiger charge is -2.17. The van der Waals surface area contributed by atoms with Crippen LogP contribution in [0.1, 0.15) is 21.5 Å². The van der Waals surface area contributed by atoms with Crippen LogP contribution in [-0.4, -0.2) is 13.1 Å². The van der Waals surface area contributed by atoms with E-state index in [4.69, 9.17) is 22.1 Å². The Morgan fingerprint density at radius 1 is 1.19 bits per heavy atom. The Bertz CT molecular complexity index is 679. The fourth-order valence-electron chi connectivity index (χ4n) is 2.16. The van der Waals surface area contributed by atoms with Gasteiger partial charge in [0.25, 0.3) is 0 Å². The van der Waals surface area contributed by atoms with Crippen molar-refractivity contribution in [3.63, 3.8) is 0 Å². The molecule has 110 valence electrons. The van der Waals surface area contributed by atoms with Gasteiger partial charge in [0, 0.05) is 11.4 Å². The summed E-state index contributed by atoms with van der Waals surface area (Å²) in [5, 5.41) is 3.60. The maximum absolute atomic E-state index is 11.9. The number of para-hydroxylation sites is 1. The molecule has 2 rings (SSSR count). The number of hydrogen-bond acceptors (Lipinski definition) is 4. The molecule has 0 spiro atoms. The van der Waals surface area contributed by atoms with Gasteiger partial charge >= 0.3 is 5.97 Å². The molecule has 2 aromatic carbocycles. The third kappa shape index (κ3) is 3.11. The van der Waals surface area contributed by atoms with Gasteiger partial charge in [0.1, 0.15) is 0 Å². The Hall–Kier alpha value is -2.20. The van der Waals surface area contributed by atoms with E-state index >= 15 is 0 Å². The van der Waals surface area contributed by atoms with Crippen molar-refractivity contribution in [3.05, 3.63) is 52.0 Å². The molecule has 0 saturated heterocycles. The predicted molar refractivity (Wildman–Crippen MR) is 86.4 cm³/mol. The normalized spacial score (nSPS) is 10.3. The quantitative estimate of drug-likeness (QED) is 0.663. The van der Waals surface area contributed by atoms with Crippen molar-refractivity contribution in [2.45, 2.75) is 13.8 Å². The molecule has 21 heavy (non-hydrogen) atoms. The van der Waals surface area contributed by atoms with E-state index in [1.54, 1.807) is 12.1 Å².